The van der Waals surface area contributed by atoms with E-state index in [4.69, 9.17) is 0 Å². The molecule has 0 amide bonds. The molecule has 4 atom stereocenters. The Morgan fingerprint density at radius 2 is 2.33 bits per heavy atom. The van der Waals surface area contributed by atoms with E-state index in [9.17, 15) is 9.90 Å². The van der Waals surface area contributed by atoms with Crippen LogP contribution in [-0.2, 0) is 11.3 Å². The van der Waals surface area contributed by atoms with Crippen molar-refractivity contribution in [3.8, 4) is 0 Å². The highest BCUT2D eigenvalue weighted by Crippen LogP contribution is 2.48. The standard InChI is InChI=1S/C13H18N2O2S/c1-7-10(18-6-15-7)5-14-12-9-3-2-8(4-9)11(12)13(16)17/h6,8-9,11-12,14H,2-5H2,1H3,(H,16,17). The number of aryl methyl sites for hydroxylation is 1. The van der Waals surface area contributed by atoms with Gasteiger partial charge in [0.25, 0.3) is 0 Å². The lowest BCUT2D eigenvalue weighted by Gasteiger charge is -2.28. The van der Waals surface area contributed by atoms with Gasteiger partial charge < -0.3 is 10.4 Å². The van der Waals surface area contributed by atoms with Gasteiger partial charge in [-0.2, -0.15) is 0 Å². The smallest absolute Gasteiger partial charge is 0.308 e. The highest BCUT2D eigenvalue weighted by Gasteiger charge is 2.50. The van der Waals surface area contributed by atoms with Gasteiger partial charge in [0.1, 0.15) is 0 Å². The molecule has 18 heavy (non-hydrogen) atoms. The summed E-state index contributed by atoms with van der Waals surface area (Å²) in [5, 5.41) is 12.8. The molecule has 0 saturated heterocycles. The van der Waals surface area contributed by atoms with Crippen LogP contribution < -0.4 is 5.32 Å². The SMILES string of the molecule is Cc1ncsc1CNC1C2CCC(C2)C1C(=O)O. The van der Waals surface area contributed by atoms with E-state index in [1.54, 1.807) is 11.3 Å². The number of carbonyl (C=O) groups is 1. The number of nitrogens with zero attached hydrogens (tertiary/aromatic N) is 1. The topological polar surface area (TPSA) is 62.2 Å². The van der Waals surface area contributed by atoms with Crippen LogP contribution in [-0.4, -0.2) is 22.1 Å². The first-order valence-corrected chi connectivity index (χ1v) is 7.40. The van der Waals surface area contributed by atoms with Gasteiger partial charge in [0.05, 0.1) is 17.1 Å². The number of hydrogen-bond acceptors (Lipinski definition) is 4. The van der Waals surface area contributed by atoms with Crippen LogP contribution in [0.2, 0.25) is 0 Å². The number of rotatable bonds is 4. The number of aliphatic carboxylic acids is 1. The maximum Gasteiger partial charge on any atom is 0.308 e. The molecule has 2 aliphatic carbocycles. The summed E-state index contributed by atoms with van der Waals surface area (Å²) >= 11 is 1.64. The van der Waals surface area contributed by atoms with Crippen molar-refractivity contribution in [3.05, 3.63) is 16.1 Å². The number of nitrogens with one attached hydrogen (secondary N) is 1. The van der Waals surface area contributed by atoms with E-state index >= 15 is 0 Å². The summed E-state index contributed by atoms with van der Waals surface area (Å²) in [7, 11) is 0. The monoisotopic (exact) mass is 266 g/mol. The zero-order valence-corrected chi connectivity index (χ0v) is 11.2. The van der Waals surface area contributed by atoms with Gasteiger partial charge in [-0.15, -0.1) is 11.3 Å². The molecule has 2 aliphatic rings. The molecule has 1 heterocycles. The van der Waals surface area contributed by atoms with E-state index in [1.807, 2.05) is 12.4 Å². The predicted molar refractivity (Wildman–Crippen MR) is 69.4 cm³/mol. The molecule has 1 aromatic heterocycles. The van der Waals surface area contributed by atoms with Crippen LogP contribution in [0.5, 0.6) is 0 Å². The fourth-order valence-corrected chi connectivity index (χ4v) is 4.37. The van der Waals surface area contributed by atoms with Crippen molar-refractivity contribution in [1.82, 2.24) is 10.3 Å². The van der Waals surface area contributed by atoms with Gasteiger partial charge >= 0.3 is 5.97 Å². The summed E-state index contributed by atoms with van der Waals surface area (Å²) in [5.74, 6) is 0.148. The largest absolute Gasteiger partial charge is 0.481 e. The van der Waals surface area contributed by atoms with Crippen molar-refractivity contribution >= 4 is 17.3 Å². The Morgan fingerprint density at radius 1 is 1.56 bits per heavy atom. The number of hydrogen-bond donors (Lipinski definition) is 2. The first kappa shape index (κ1) is 12.1. The third-order valence-corrected chi connectivity index (χ3v) is 5.48. The number of carboxylic acids is 1. The number of fused-ring (bicyclic) bond motifs is 2. The van der Waals surface area contributed by atoms with Crippen molar-refractivity contribution in [2.75, 3.05) is 0 Å². The summed E-state index contributed by atoms with van der Waals surface area (Å²) in [6, 6.07) is 0.155. The zero-order valence-electron chi connectivity index (χ0n) is 10.4. The van der Waals surface area contributed by atoms with Crippen LogP contribution in [0.1, 0.15) is 29.8 Å². The van der Waals surface area contributed by atoms with Gasteiger partial charge in [-0.05, 0) is 38.0 Å². The molecule has 1 aromatic rings. The van der Waals surface area contributed by atoms with E-state index in [2.05, 4.69) is 10.3 Å². The zero-order chi connectivity index (χ0) is 12.7. The highest BCUT2D eigenvalue weighted by molar-refractivity contribution is 7.09. The maximum atomic E-state index is 11.4. The van der Waals surface area contributed by atoms with Crippen LogP contribution in [0.4, 0.5) is 0 Å². The molecule has 5 heteroatoms. The highest BCUT2D eigenvalue weighted by atomic mass is 32.1. The number of aromatic nitrogens is 1. The molecule has 3 rings (SSSR count). The molecule has 2 saturated carbocycles. The molecular formula is C13H18N2O2S. The van der Waals surface area contributed by atoms with Crippen LogP contribution in [0.15, 0.2) is 5.51 Å². The number of thiazole rings is 1. The molecule has 2 fully saturated rings. The van der Waals surface area contributed by atoms with E-state index in [-0.39, 0.29) is 12.0 Å². The Bertz CT molecular complexity index is 460. The summed E-state index contributed by atoms with van der Waals surface area (Å²) in [5.41, 5.74) is 2.91. The summed E-state index contributed by atoms with van der Waals surface area (Å²) < 4.78 is 0. The van der Waals surface area contributed by atoms with E-state index in [0.717, 1.165) is 25.1 Å². The lowest BCUT2D eigenvalue weighted by atomic mass is 9.84. The Balaban J connectivity index is 1.68. The fraction of sp³-hybridized carbons (Fsp3) is 0.692. The maximum absolute atomic E-state index is 11.4. The Hall–Kier alpha value is -0.940. The fourth-order valence-electron chi connectivity index (χ4n) is 3.65. The molecule has 0 spiro atoms. The summed E-state index contributed by atoms with van der Waals surface area (Å²) in [6.45, 7) is 2.76. The summed E-state index contributed by atoms with van der Waals surface area (Å²) in [6.07, 6.45) is 3.38. The van der Waals surface area contributed by atoms with Crippen LogP contribution in [0, 0.1) is 24.7 Å². The van der Waals surface area contributed by atoms with Gasteiger partial charge in [-0.25, -0.2) is 4.98 Å². The van der Waals surface area contributed by atoms with Crippen molar-refractivity contribution in [2.24, 2.45) is 17.8 Å². The second-order valence-corrected chi connectivity index (χ2v) is 6.40. The Kier molecular flexibility index (Phi) is 3.11. The minimum Gasteiger partial charge on any atom is -0.481 e. The van der Waals surface area contributed by atoms with E-state index in [0.29, 0.717) is 11.8 Å². The molecule has 2 bridgehead atoms. The number of carboxylic acid groups (broad SMARTS) is 1. The van der Waals surface area contributed by atoms with Crippen LogP contribution >= 0.6 is 11.3 Å². The first-order valence-electron chi connectivity index (χ1n) is 6.52. The lowest BCUT2D eigenvalue weighted by molar-refractivity contribution is -0.144. The molecule has 0 aromatic carbocycles. The average Bonchev–Trinajstić information content (AvgIpc) is 3.00. The van der Waals surface area contributed by atoms with Crippen molar-refractivity contribution in [2.45, 2.75) is 38.8 Å². The van der Waals surface area contributed by atoms with Crippen molar-refractivity contribution in [3.63, 3.8) is 0 Å². The van der Waals surface area contributed by atoms with Gasteiger partial charge in [-0.3, -0.25) is 4.79 Å². The van der Waals surface area contributed by atoms with E-state index in [1.165, 1.54) is 11.3 Å². The molecule has 98 valence electrons. The van der Waals surface area contributed by atoms with Crippen LogP contribution in [0.25, 0.3) is 0 Å². The van der Waals surface area contributed by atoms with Gasteiger partial charge in [-0.1, -0.05) is 0 Å². The van der Waals surface area contributed by atoms with Gasteiger partial charge in [0.2, 0.25) is 0 Å². The van der Waals surface area contributed by atoms with Gasteiger partial charge in [0, 0.05) is 17.5 Å². The minimum absolute atomic E-state index is 0.155. The quantitative estimate of drug-likeness (QED) is 0.875. The first-order chi connectivity index (χ1) is 8.66. The third kappa shape index (κ3) is 1.95. The average molecular weight is 266 g/mol. The van der Waals surface area contributed by atoms with E-state index < -0.39 is 5.97 Å². The van der Waals surface area contributed by atoms with Crippen LogP contribution in [0.3, 0.4) is 0 Å². The Morgan fingerprint density at radius 3 is 3.00 bits per heavy atom. The summed E-state index contributed by atoms with van der Waals surface area (Å²) in [4.78, 5) is 16.8. The Labute approximate surface area is 110 Å². The van der Waals surface area contributed by atoms with Crippen molar-refractivity contribution < 1.29 is 9.90 Å². The minimum atomic E-state index is -0.624. The second-order valence-electron chi connectivity index (χ2n) is 5.46. The second kappa shape index (κ2) is 4.63. The molecule has 4 nitrogen and oxygen atoms in total. The van der Waals surface area contributed by atoms with Gasteiger partial charge in [0.15, 0.2) is 0 Å². The predicted octanol–water partition coefficient (Wildman–Crippen LogP) is 2.04. The molecule has 2 N–H and O–H groups in total. The molecule has 4 unspecified atom stereocenters. The lowest BCUT2D eigenvalue weighted by Crippen LogP contribution is -2.43. The molecule has 0 radical (unpaired) electrons. The molecule has 0 aliphatic heterocycles. The third-order valence-electron chi connectivity index (χ3n) is 4.54. The normalized spacial score (nSPS) is 34.1. The van der Waals surface area contributed by atoms with Crippen molar-refractivity contribution in [1.29, 1.82) is 0 Å². The molecular weight excluding hydrogens is 248 g/mol.